The van der Waals surface area contributed by atoms with Crippen LogP contribution in [0, 0.1) is 5.41 Å². The van der Waals surface area contributed by atoms with Crippen LogP contribution in [0.25, 0.3) is 0 Å². The molecule has 0 spiro atoms. The second-order valence-electron chi connectivity index (χ2n) is 7.50. The Balaban J connectivity index is 3.25. The first-order chi connectivity index (χ1) is 12.2. The highest BCUT2D eigenvalue weighted by atomic mass is 16.5. The molecule has 0 fully saturated rings. The molecule has 0 aliphatic rings. The van der Waals surface area contributed by atoms with Gasteiger partial charge in [0, 0.05) is 31.7 Å². The maximum Gasteiger partial charge on any atom is 0.246 e. The molecule has 0 aromatic heterocycles. The van der Waals surface area contributed by atoms with Gasteiger partial charge >= 0.3 is 0 Å². The third-order valence-electron chi connectivity index (χ3n) is 3.41. The first-order valence-corrected chi connectivity index (χ1v) is 9.55. The lowest BCUT2D eigenvalue weighted by atomic mass is 9.96. The van der Waals surface area contributed by atoms with Gasteiger partial charge in [0.15, 0.2) is 0 Å². The van der Waals surface area contributed by atoms with Crippen LogP contribution < -0.4 is 10.6 Å². The molecule has 0 bridgehead atoms. The van der Waals surface area contributed by atoms with Gasteiger partial charge < -0.3 is 24.8 Å². The molecule has 0 saturated heterocycles. The number of nitrogens with one attached hydrogen (secondary N) is 2. The molecule has 0 aromatic carbocycles. The summed E-state index contributed by atoms with van der Waals surface area (Å²) in [5.74, 6) is -0.0694. The van der Waals surface area contributed by atoms with E-state index in [1.54, 1.807) is 0 Å². The fourth-order valence-electron chi connectivity index (χ4n) is 1.85. The van der Waals surface area contributed by atoms with Gasteiger partial charge in [-0.15, -0.1) is 0 Å². The smallest absolute Gasteiger partial charge is 0.246 e. The van der Waals surface area contributed by atoms with E-state index in [4.69, 9.17) is 14.2 Å². The molecule has 0 aliphatic heterocycles. The molecule has 2 amide bonds. The molecule has 0 aliphatic carbocycles. The number of amides is 2. The van der Waals surface area contributed by atoms with Crippen LogP contribution in [0.3, 0.4) is 0 Å². The number of hydrogen-bond acceptors (Lipinski definition) is 5. The Morgan fingerprint density at radius 3 is 1.88 bits per heavy atom. The first kappa shape index (κ1) is 24.8. The van der Waals surface area contributed by atoms with Gasteiger partial charge in [-0.25, -0.2) is 0 Å². The Hall–Kier alpha value is -1.18. The van der Waals surface area contributed by atoms with Crippen molar-refractivity contribution in [3.8, 4) is 0 Å². The van der Waals surface area contributed by atoms with Gasteiger partial charge in [-0.3, -0.25) is 9.59 Å². The van der Waals surface area contributed by atoms with E-state index >= 15 is 0 Å². The summed E-state index contributed by atoms with van der Waals surface area (Å²) in [6.07, 6.45) is 3.03. The summed E-state index contributed by atoms with van der Waals surface area (Å²) in [7, 11) is 0. The lowest BCUT2D eigenvalue weighted by molar-refractivity contribution is -0.129. The topological polar surface area (TPSA) is 85.9 Å². The van der Waals surface area contributed by atoms with E-state index in [1.807, 2.05) is 34.6 Å². The molecule has 0 saturated carbocycles. The van der Waals surface area contributed by atoms with E-state index in [9.17, 15) is 9.59 Å². The number of hydrogen-bond donors (Lipinski definition) is 2. The van der Waals surface area contributed by atoms with Crippen molar-refractivity contribution in [3.05, 3.63) is 0 Å². The Morgan fingerprint density at radius 1 is 0.846 bits per heavy atom. The molecule has 154 valence electrons. The molecule has 0 unspecified atom stereocenters. The summed E-state index contributed by atoms with van der Waals surface area (Å²) in [5, 5.41) is 5.60. The molecular formula is C19H38N2O5. The minimum Gasteiger partial charge on any atom is -0.380 e. The average Bonchev–Trinajstić information content (AvgIpc) is 2.56. The zero-order valence-corrected chi connectivity index (χ0v) is 17.2. The number of carbonyl (C=O) groups is 2. The Morgan fingerprint density at radius 2 is 1.38 bits per heavy atom. The van der Waals surface area contributed by atoms with Crippen molar-refractivity contribution >= 4 is 11.8 Å². The lowest BCUT2D eigenvalue weighted by Crippen LogP contribution is -2.36. The summed E-state index contributed by atoms with van der Waals surface area (Å²) < 4.78 is 16.2. The van der Waals surface area contributed by atoms with Gasteiger partial charge in [0.05, 0.1) is 19.3 Å². The van der Waals surface area contributed by atoms with E-state index in [0.717, 1.165) is 19.3 Å². The quantitative estimate of drug-likeness (QED) is 0.428. The summed E-state index contributed by atoms with van der Waals surface area (Å²) >= 11 is 0. The maximum atomic E-state index is 11.6. The highest BCUT2D eigenvalue weighted by Gasteiger charge is 2.20. The van der Waals surface area contributed by atoms with Gasteiger partial charge in [-0.2, -0.15) is 0 Å². The standard InChI is InChI=1S/C19H38N2O5/c1-16(2)26-15-17(22)20-9-13-24-11-7-6-8-12-25-14-10-21-18(23)19(3,4)5/h16H,6-15H2,1-5H3,(H,20,22)(H,21,23). The third kappa shape index (κ3) is 16.3. The van der Waals surface area contributed by atoms with Crippen LogP contribution in [-0.2, 0) is 23.8 Å². The molecule has 0 heterocycles. The van der Waals surface area contributed by atoms with Crippen LogP contribution >= 0.6 is 0 Å². The maximum absolute atomic E-state index is 11.6. The normalized spacial score (nSPS) is 11.6. The molecule has 7 heteroatoms. The average molecular weight is 375 g/mol. The summed E-state index contributed by atoms with van der Waals surface area (Å²) in [6.45, 7) is 13.0. The monoisotopic (exact) mass is 374 g/mol. The molecular weight excluding hydrogens is 336 g/mol. The Bertz CT molecular complexity index is 381. The molecule has 7 nitrogen and oxygen atoms in total. The van der Waals surface area contributed by atoms with E-state index in [1.165, 1.54) is 0 Å². The van der Waals surface area contributed by atoms with Gasteiger partial charge in [-0.1, -0.05) is 20.8 Å². The molecule has 0 rings (SSSR count). The molecule has 0 aromatic rings. The largest absolute Gasteiger partial charge is 0.380 e. The van der Waals surface area contributed by atoms with E-state index in [2.05, 4.69) is 10.6 Å². The second kappa shape index (κ2) is 14.9. The van der Waals surface area contributed by atoms with Crippen LogP contribution in [0.15, 0.2) is 0 Å². The first-order valence-electron chi connectivity index (χ1n) is 9.55. The Kier molecular flexibility index (Phi) is 14.3. The van der Waals surface area contributed by atoms with E-state index in [-0.39, 0.29) is 29.9 Å². The SMILES string of the molecule is CC(C)OCC(=O)NCCOCCCCCOCCNC(=O)C(C)(C)C. The number of rotatable bonds is 15. The second-order valence-corrected chi connectivity index (χ2v) is 7.50. The fraction of sp³-hybridized carbons (Fsp3) is 0.895. The molecule has 2 N–H and O–H groups in total. The number of unbranched alkanes of at least 4 members (excludes halogenated alkanes) is 2. The lowest BCUT2D eigenvalue weighted by Gasteiger charge is -2.17. The van der Waals surface area contributed by atoms with Gasteiger partial charge in [0.1, 0.15) is 6.61 Å². The van der Waals surface area contributed by atoms with Crippen LogP contribution in [0.1, 0.15) is 53.9 Å². The van der Waals surface area contributed by atoms with Gasteiger partial charge in [-0.05, 0) is 33.1 Å². The van der Waals surface area contributed by atoms with Crippen molar-refractivity contribution in [1.82, 2.24) is 10.6 Å². The highest BCUT2D eigenvalue weighted by Crippen LogP contribution is 2.11. The Labute approximate surface area is 158 Å². The number of carbonyl (C=O) groups excluding carboxylic acids is 2. The number of ether oxygens (including phenoxy) is 3. The summed E-state index contributed by atoms with van der Waals surface area (Å²) in [6, 6.07) is 0. The van der Waals surface area contributed by atoms with Crippen molar-refractivity contribution in [2.45, 2.75) is 60.0 Å². The van der Waals surface area contributed by atoms with Crippen molar-refractivity contribution in [1.29, 1.82) is 0 Å². The van der Waals surface area contributed by atoms with Gasteiger partial charge in [0.25, 0.3) is 0 Å². The van der Waals surface area contributed by atoms with E-state index < -0.39 is 0 Å². The van der Waals surface area contributed by atoms with Crippen LogP contribution in [0.5, 0.6) is 0 Å². The predicted molar refractivity (Wildman–Crippen MR) is 102 cm³/mol. The summed E-state index contributed by atoms with van der Waals surface area (Å²) in [5.41, 5.74) is -0.356. The fourth-order valence-corrected chi connectivity index (χ4v) is 1.85. The zero-order chi connectivity index (χ0) is 19.8. The molecule has 26 heavy (non-hydrogen) atoms. The highest BCUT2D eigenvalue weighted by molar-refractivity contribution is 5.81. The van der Waals surface area contributed by atoms with Crippen LogP contribution in [-0.4, -0.2) is 64.0 Å². The zero-order valence-electron chi connectivity index (χ0n) is 17.2. The van der Waals surface area contributed by atoms with E-state index in [0.29, 0.717) is 39.5 Å². The van der Waals surface area contributed by atoms with Crippen LogP contribution in [0.4, 0.5) is 0 Å². The minimum atomic E-state index is -0.356. The van der Waals surface area contributed by atoms with Crippen molar-refractivity contribution in [2.24, 2.45) is 5.41 Å². The van der Waals surface area contributed by atoms with Crippen LogP contribution in [0.2, 0.25) is 0 Å². The molecule has 0 atom stereocenters. The van der Waals surface area contributed by atoms with Crippen molar-refractivity contribution in [3.63, 3.8) is 0 Å². The molecule has 0 radical (unpaired) electrons. The van der Waals surface area contributed by atoms with Gasteiger partial charge in [0.2, 0.25) is 11.8 Å². The van der Waals surface area contributed by atoms with Crippen molar-refractivity contribution in [2.75, 3.05) is 46.1 Å². The van der Waals surface area contributed by atoms with Crippen molar-refractivity contribution < 1.29 is 23.8 Å². The third-order valence-corrected chi connectivity index (χ3v) is 3.41. The predicted octanol–water partition coefficient (Wildman–Crippen LogP) is 1.89. The minimum absolute atomic E-state index is 0.0434. The summed E-state index contributed by atoms with van der Waals surface area (Å²) in [4.78, 5) is 23.0.